The zero-order chi connectivity index (χ0) is 11.7. The van der Waals surface area contributed by atoms with Crippen molar-refractivity contribution in [1.29, 1.82) is 0 Å². The molecule has 0 radical (unpaired) electrons. The Morgan fingerprint density at radius 3 is 2.82 bits per heavy atom. The maximum Gasteiger partial charge on any atom is 0.159 e. The predicted octanol–water partition coefficient (Wildman–Crippen LogP) is 1.49. The van der Waals surface area contributed by atoms with Crippen LogP contribution in [-0.2, 0) is 13.0 Å². The van der Waals surface area contributed by atoms with E-state index < -0.39 is 0 Å². The molecule has 1 aromatic heterocycles. The van der Waals surface area contributed by atoms with Crippen LogP contribution in [0.15, 0.2) is 30.5 Å². The lowest BCUT2D eigenvalue weighted by Gasteiger charge is -2.16. The number of fused-ring (bicyclic) bond motifs is 1. The molecule has 0 amide bonds. The van der Waals surface area contributed by atoms with Crippen LogP contribution in [0.5, 0.6) is 5.75 Å². The summed E-state index contributed by atoms with van der Waals surface area (Å²) >= 11 is 0. The summed E-state index contributed by atoms with van der Waals surface area (Å²) in [5.74, 6) is 0.988. The summed E-state index contributed by atoms with van der Waals surface area (Å²) in [6.45, 7) is 1.82. The molecule has 4 heteroatoms. The molecule has 0 bridgehead atoms. The van der Waals surface area contributed by atoms with Crippen molar-refractivity contribution in [2.45, 2.75) is 13.0 Å². The van der Waals surface area contributed by atoms with Gasteiger partial charge in [-0.05, 0) is 24.3 Å². The quantitative estimate of drug-likeness (QED) is 0.775. The van der Waals surface area contributed by atoms with Crippen LogP contribution >= 0.6 is 0 Å². The van der Waals surface area contributed by atoms with E-state index in [9.17, 15) is 5.11 Å². The number of aromatic nitrogens is 2. The lowest BCUT2D eigenvalue weighted by molar-refractivity contribution is 0.475. The smallest absolute Gasteiger partial charge is 0.159 e. The molecule has 0 unspecified atom stereocenters. The highest BCUT2D eigenvalue weighted by Gasteiger charge is 2.12. The third-order valence-corrected chi connectivity index (χ3v) is 2.93. The largest absolute Gasteiger partial charge is 0.508 e. The number of hydrogen-bond donors (Lipinski definition) is 2. The number of hydrogen-bond acceptors (Lipinski definition) is 4. The van der Waals surface area contributed by atoms with E-state index in [2.05, 4.69) is 15.3 Å². The Bertz CT molecular complexity index is 537. The molecule has 0 saturated carbocycles. The van der Waals surface area contributed by atoms with E-state index >= 15 is 0 Å². The van der Waals surface area contributed by atoms with Gasteiger partial charge in [0.1, 0.15) is 5.75 Å². The topological polar surface area (TPSA) is 58.0 Å². The van der Waals surface area contributed by atoms with Crippen molar-refractivity contribution < 1.29 is 5.11 Å². The molecule has 0 fully saturated rings. The Kier molecular flexibility index (Phi) is 2.49. The second kappa shape index (κ2) is 4.14. The zero-order valence-electron chi connectivity index (χ0n) is 9.35. The average molecular weight is 227 g/mol. The molecule has 3 rings (SSSR count). The summed E-state index contributed by atoms with van der Waals surface area (Å²) in [5.41, 5.74) is 3.24. The van der Waals surface area contributed by atoms with Gasteiger partial charge in [-0.3, -0.25) is 0 Å². The standard InChI is InChI=1S/C13H13N3O/c17-11-3-1-9(2-4-11)13-15-8-10-7-14-6-5-12(10)16-13/h1-4,8,14,17H,5-7H2. The lowest BCUT2D eigenvalue weighted by atomic mass is 10.1. The monoisotopic (exact) mass is 227 g/mol. The van der Waals surface area contributed by atoms with Gasteiger partial charge in [-0.2, -0.15) is 0 Å². The summed E-state index contributed by atoms with van der Waals surface area (Å²) in [6.07, 6.45) is 2.83. The number of rotatable bonds is 1. The van der Waals surface area contributed by atoms with Gasteiger partial charge in [-0.1, -0.05) is 0 Å². The second-order valence-electron chi connectivity index (χ2n) is 4.14. The first-order valence-corrected chi connectivity index (χ1v) is 5.68. The minimum atomic E-state index is 0.260. The molecule has 0 aliphatic carbocycles. The highest BCUT2D eigenvalue weighted by molar-refractivity contribution is 5.56. The van der Waals surface area contributed by atoms with Crippen LogP contribution in [0.25, 0.3) is 11.4 Å². The molecule has 1 aromatic carbocycles. The fourth-order valence-corrected chi connectivity index (χ4v) is 1.99. The molecule has 0 spiro atoms. The maximum absolute atomic E-state index is 9.25. The Hall–Kier alpha value is -1.94. The normalized spacial score (nSPS) is 14.4. The molecule has 1 aliphatic rings. The minimum Gasteiger partial charge on any atom is -0.508 e. The van der Waals surface area contributed by atoms with Crippen molar-refractivity contribution in [3.05, 3.63) is 41.7 Å². The van der Waals surface area contributed by atoms with E-state index in [4.69, 9.17) is 0 Å². The van der Waals surface area contributed by atoms with E-state index in [1.165, 1.54) is 5.56 Å². The third kappa shape index (κ3) is 1.99. The van der Waals surface area contributed by atoms with Gasteiger partial charge in [0.2, 0.25) is 0 Å². The molecule has 0 atom stereocenters. The first-order valence-electron chi connectivity index (χ1n) is 5.68. The predicted molar refractivity (Wildman–Crippen MR) is 64.5 cm³/mol. The van der Waals surface area contributed by atoms with Crippen molar-refractivity contribution in [2.24, 2.45) is 0 Å². The maximum atomic E-state index is 9.25. The molecule has 2 N–H and O–H groups in total. The minimum absolute atomic E-state index is 0.260. The molecule has 1 aliphatic heterocycles. The van der Waals surface area contributed by atoms with Crippen molar-refractivity contribution in [3.8, 4) is 17.1 Å². The van der Waals surface area contributed by atoms with Crippen LogP contribution in [0.1, 0.15) is 11.3 Å². The van der Waals surface area contributed by atoms with Crippen LogP contribution in [0.2, 0.25) is 0 Å². The first kappa shape index (κ1) is 10.2. The summed E-state index contributed by atoms with van der Waals surface area (Å²) < 4.78 is 0. The average Bonchev–Trinajstić information content (AvgIpc) is 2.39. The number of nitrogens with one attached hydrogen (secondary N) is 1. The fourth-order valence-electron chi connectivity index (χ4n) is 1.99. The Morgan fingerprint density at radius 1 is 1.18 bits per heavy atom. The summed E-state index contributed by atoms with van der Waals surface area (Å²) in [4.78, 5) is 8.94. The van der Waals surface area contributed by atoms with Gasteiger partial charge in [-0.15, -0.1) is 0 Å². The first-order chi connectivity index (χ1) is 8.33. The number of aromatic hydroxyl groups is 1. The van der Waals surface area contributed by atoms with E-state index in [-0.39, 0.29) is 5.75 Å². The Labute approximate surface area is 99.4 Å². The molecule has 17 heavy (non-hydrogen) atoms. The Balaban J connectivity index is 2.01. The van der Waals surface area contributed by atoms with Crippen LogP contribution < -0.4 is 5.32 Å². The lowest BCUT2D eigenvalue weighted by Crippen LogP contribution is -2.24. The van der Waals surface area contributed by atoms with Crippen molar-refractivity contribution in [3.63, 3.8) is 0 Å². The van der Waals surface area contributed by atoms with Gasteiger partial charge in [0, 0.05) is 36.8 Å². The van der Waals surface area contributed by atoms with E-state index in [1.807, 2.05) is 18.3 Å². The van der Waals surface area contributed by atoms with Gasteiger partial charge in [0.25, 0.3) is 0 Å². The fraction of sp³-hybridized carbons (Fsp3) is 0.231. The molecule has 0 saturated heterocycles. The van der Waals surface area contributed by atoms with Crippen LogP contribution in [0.3, 0.4) is 0 Å². The van der Waals surface area contributed by atoms with Gasteiger partial charge in [0.15, 0.2) is 5.82 Å². The molecule has 2 aromatic rings. The SMILES string of the molecule is Oc1ccc(-c2ncc3c(n2)CCNC3)cc1. The Morgan fingerprint density at radius 2 is 2.00 bits per heavy atom. The van der Waals surface area contributed by atoms with E-state index in [1.54, 1.807) is 12.1 Å². The number of benzene rings is 1. The molecule has 86 valence electrons. The number of phenols is 1. The molecular formula is C13H13N3O. The van der Waals surface area contributed by atoms with E-state index in [0.717, 1.165) is 36.6 Å². The highest BCUT2D eigenvalue weighted by atomic mass is 16.3. The molecular weight excluding hydrogens is 214 g/mol. The number of nitrogens with zero attached hydrogens (tertiary/aromatic N) is 2. The summed E-state index contributed by atoms with van der Waals surface area (Å²) in [7, 11) is 0. The van der Waals surface area contributed by atoms with Gasteiger partial charge in [-0.25, -0.2) is 9.97 Å². The van der Waals surface area contributed by atoms with Gasteiger partial charge >= 0.3 is 0 Å². The molecule has 2 heterocycles. The third-order valence-electron chi connectivity index (χ3n) is 2.93. The van der Waals surface area contributed by atoms with Crippen LogP contribution in [-0.4, -0.2) is 21.6 Å². The van der Waals surface area contributed by atoms with Crippen molar-refractivity contribution in [2.75, 3.05) is 6.54 Å². The van der Waals surface area contributed by atoms with Crippen LogP contribution in [0.4, 0.5) is 0 Å². The summed E-state index contributed by atoms with van der Waals surface area (Å²) in [6, 6.07) is 6.97. The second-order valence-corrected chi connectivity index (χ2v) is 4.14. The summed E-state index contributed by atoms with van der Waals surface area (Å²) in [5, 5.41) is 12.5. The van der Waals surface area contributed by atoms with Gasteiger partial charge in [0.05, 0.1) is 5.69 Å². The van der Waals surface area contributed by atoms with E-state index in [0.29, 0.717) is 0 Å². The zero-order valence-corrected chi connectivity index (χ0v) is 9.35. The number of phenolic OH excluding ortho intramolecular Hbond substituents is 1. The van der Waals surface area contributed by atoms with Crippen LogP contribution in [0, 0.1) is 0 Å². The van der Waals surface area contributed by atoms with Crippen molar-refractivity contribution >= 4 is 0 Å². The van der Waals surface area contributed by atoms with Gasteiger partial charge < -0.3 is 10.4 Å². The van der Waals surface area contributed by atoms with Crippen molar-refractivity contribution in [1.82, 2.24) is 15.3 Å². The molecule has 4 nitrogen and oxygen atoms in total. The highest BCUT2D eigenvalue weighted by Crippen LogP contribution is 2.20.